The standard InChI is InChI=1S/2C11H11N2.Pt/c1-9-11(12-8-13(9)2)10-6-4-3-5-7-10;1-9-8-10(2)13(12-9)11-6-4-3-5-7-11;/h2*3-6,8H,1-2H3;/q2*-1;+2. The number of hydrogen-bond donors (Lipinski definition) is 0. The smallest absolute Gasteiger partial charge is 0.347 e. The van der Waals surface area contributed by atoms with Crippen molar-refractivity contribution in [2.75, 3.05) is 0 Å². The van der Waals surface area contributed by atoms with Gasteiger partial charge in [0.25, 0.3) is 0 Å². The van der Waals surface area contributed by atoms with Gasteiger partial charge < -0.3 is 4.57 Å². The fourth-order valence-corrected chi connectivity index (χ4v) is 2.68. The van der Waals surface area contributed by atoms with E-state index in [0.29, 0.717) is 0 Å². The zero-order valence-electron chi connectivity index (χ0n) is 15.9. The van der Waals surface area contributed by atoms with Crippen LogP contribution in [-0.4, -0.2) is 19.3 Å². The van der Waals surface area contributed by atoms with Gasteiger partial charge in [0, 0.05) is 18.4 Å². The van der Waals surface area contributed by atoms with E-state index in [1.54, 1.807) is 0 Å². The average Bonchev–Trinajstić information content (AvgIpc) is 3.18. The topological polar surface area (TPSA) is 35.6 Å². The molecule has 0 N–H and O–H groups in total. The summed E-state index contributed by atoms with van der Waals surface area (Å²) in [5.41, 5.74) is 6.41. The van der Waals surface area contributed by atoms with Gasteiger partial charge in [-0.2, -0.15) is 29.4 Å². The third-order valence-corrected chi connectivity index (χ3v) is 4.13. The van der Waals surface area contributed by atoms with Gasteiger partial charge in [0.1, 0.15) is 0 Å². The monoisotopic (exact) mass is 537 g/mol. The van der Waals surface area contributed by atoms with Gasteiger partial charge in [-0.15, -0.1) is 42.0 Å². The Morgan fingerprint density at radius 3 is 2.11 bits per heavy atom. The molecule has 0 fully saturated rings. The van der Waals surface area contributed by atoms with Gasteiger partial charge in [-0.25, -0.2) is 0 Å². The minimum atomic E-state index is 0. The molecule has 2 heterocycles. The van der Waals surface area contributed by atoms with Gasteiger partial charge in [-0.3, -0.25) is 9.67 Å². The van der Waals surface area contributed by atoms with Crippen LogP contribution in [0.2, 0.25) is 0 Å². The molecule has 0 amide bonds. The summed E-state index contributed by atoms with van der Waals surface area (Å²) in [7, 11) is 1.99. The summed E-state index contributed by atoms with van der Waals surface area (Å²) in [6.07, 6.45) is 1.82. The van der Waals surface area contributed by atoms with Gasteiger partial charge in [0.05, 0.1) is 12.0 Å². The van der Waals surface area contributed by atoms with Crippen LogP contribution in [0.4, 0.5) is 0 Å². The van der Waals surface area contributed by atoms with Gasteiger partial charge >= 0.3 is 21.1 Å². The molecule has 2 aromatic heterocycles. The second-order valence-corrected chi connectivity index (χ2v) is 6.15. The summed E-state index contributed by atoms with van der Waals surface area (Å²) in [6.45, 7) is 6.09. The van der Waals surface area contributed by atoms with Crippen molar-refractivity contribution in [3.8, 4) is 16.9 Å². The molecule has 0 aliphatic carbocycles. The van der Waals surface area contributed by atoms with Crippen molar-refractivity contribution in [1.82, 2.24) is 19.3 Å². The van der Waals surface area contributed by atoms with Crippen molar-refractivity contribution in [3.05, 3.63) is 90.1 Å². The first-order chi connectivity index (χ1) is 12.6. The largest absolute Gasteiger partial charge is 2.00 e. The Morgan fingerprint density at radius 2 is 1.63 bits per heavy atom. The summed E-state index contributed by atoms with van der Waals surface area (Å²) in [5, 5.41) is 4.37. The van der Waals surface area contributed by atoms with Gasteiger partial charge in [0.2, 0.25) is 0 Å². The Kier molecular flexibility index (Phi) is 7.32. The Hall–Kier alpha value is -2.45. The van der Waals surface area contributed by atoms with Crippen LogP contribution in [0.1, 0.15) is 17.1 Å². The Labute approximate surface area is 175 Å². The normalized spacial score (nSPS) is 9.93. The van der Waals surface area contributed by atoms with Crippen molar-refractivity contribution >= 4 is 0 Å². The number of aromatic nitrogens is 4. The third-order valence-electron chi connectivity index (χ3n) is 4.13. The molecule has 0 unspecified atom stereocenters. The average molecular weight is 538 g/mol. The van der Waals surface area contributed by atoms with E-state index in [4.69, 9.17) is 0 Å². The molecule has 0 saturated heterocycles. The van der Waals surface area contributed by atoms with Crippen LogP contribution in [-0.2, 0) is 28.1 Å². The summed E-state index contributed by atoms with van der Waals surface area (Å²) in [6, 6.07) is 24.1. The maximum Gasteiger partial charge on any atom is 2.00 e. The summed E-state index contributed by atoms with van der Waals surface area (Å²) in [5.74, 6) is 0. The van der Waals surface area contributed by atoms with E-state index in [1.165, 1.54) is 5.69 Å². The first kappa shape index (κ1) is 20.9. The second kappa shape index (κ2) is 9.47. The molecule has 0 aliphatic heterocycles. The molecule has 4 aromatic rings. The van der Waals surface area contributed by atoms with E-state index in [-0.39, 0.29) is 21.1 Å². The van der Waals surface area contributed by atoms with Gasteiger partial charge in [0.15, 0.2) is 0 Å². The molecular weight excluding hydrogens is 515 g/mol. The predicted molar refractivity (Wildman–Crippen MR) is 104 cm³/mol. The SMILES string of the molecule is Cc1c(-c2[c-]cccc2)ncn1C.Cc1cc(C)n(-c2[c-]cccc2)n1.[Pt+2]. The van der Waals surface area contributed by atoms with Crippen LogP contribution in [0.3, 0.4) is 0 Å². The number of aryl methyl sites for hydroxylation is 3. The molecule has 4 nitrogen and oxygen atoms in total. The van der Waals surface area contributed by atoms with Crippen LogP contribution in [0, 0.1) is 32.9 Å². The molecule has 0 bridgehead atoms. The maximum atomic E-state index is 4.37. The molecule has 0 saturated carbocycles. The van der Waals surface area contributed by atoms with Crippen LogP contribution < -0.4 is 0 Å². The molecule has 0 atom stereocenters. The summed E-state index contributed by atoms with van der Waals surface area (Å²) < 4.78 is 3.91. The quantitative estimate of drug-likeness (QED) is 0.354. The minimum Gasteiger partial charge on any atom is -0.347 e. The van der Waals surface area contributed by atoms with Crippen molar-refractivity contribution < 1.29 is 21.1 Å². The summed E-state index contributed by atoms with van der Waals surface area (Å²) in [4.78, 5) is 4.32. The minimum absolute atomic E-state index is 0. The zero-order valence-corrected chi connectivity index (χ0v) is 18.2. The van der Waals surface area contributed by atoms with E-state index in [9.17, 15) is 0 Å². The van der Waals surface area contributed by atoms with Gasteiger partial charge in [-0.1, -0.05) is 0 Å². The Bertz CT molecular complexity index is 935. The number of para-hydroxylation sites is 1. The van der Waals surface area contributed by atoms with Crippen molar-refractivity contribution in [2.45, 2.75) is 20.8 Å². The van der Waals surface area contributed by atoms with E-state index >= 15 is 0 Å². The van der Waals surface area contributed by atoms with Crippen LogP contribution >= 0.6 is 0 Å². The molecule has 4 rings (SSSR count). The van der Waals surface area contributed by atoms with Crippen LogP contribution in [0.5, 0.6) is 0 Å². The number of nitrogens with zero attached hydrogens (tertiary/aromatic N) is 4. The number of benzene rings is 2. The molecule has 5 heteroatoms. The number of hydrogen-bond acceptors (Lipinski definition) is 2. The second-order valence-electron chi connectivity index (χ2n) is 6.15. The third kappa shape index (κ3) is 5.05. The van der Waals surface area contributed by atoms with E-state index in [0.717, 1.165) is 28.3 Å². The van der Waals surface area contributed by atoms with E-state index < -0.39 is 0 Å². The first-order valence-electron chi connectivity index (χ1n) is 8.51. The van der Waals surface area contributed by atoms with Crippen LogP contribution in [0.25, 0.3) is 16.9 Å². The maximum absolute atomic E-state index is 4.37. The predicted octanol–water partition coefficient (Wildman–Crippen LogP) is 4.48. The molecule has 2 aromatic carbocycles. The number of imidazole rings is 1. The van der Waals surface area contributed by atoms with E-state index in [1.807, 2.05) is 85.0 Å². The van der Waals surface area contributed by atoms with Crippen molar-refractivity contribution in [3.63, 3.8) is 0 Å². The Morgan fingerprint density at radius 1 is 0.926 bits per heavy atom. The zero-order chi connectivity index (χ0) is 18.5. The number of rotatable bonds is 2. The van der Waals surface area contributed by atoms with Crippen molar-refractivity contribution in [2.24, 2.45) is 7.05 Å². The molecule has 0 spiro atoms. The first-order valence-corrected chi connectivity index (χ1v) is 8.51. The van der Waals surface area contributed by atoms with Gasteiger partial charge in [-0.05, 0) is 38.2 Å². The van der Waals surface area contributed by atoms with E-state index in [2.05, 4.69) is 35.2 Å². The Balaban J connectivity index is 0.000000187. The molecule has 0 aliphatic rings. The summed E-state index contributed by atoms with van der Waals surface area (Å²) >= 11 is 0. The molecule has 27 heavy (non-hydrogen) atoms. The van der Waals surface area contributed by atoms with Crippen molar-refractivity contribution in [1.29, 1.82) is 0 Å². The van der Waals surface area contributed by atoms with Crippen LogP contribution in [0.15, 0.2) is 60.9 Å². The fraction of sp³-hybridized carbons (Fsp3) is 0.182. The molecular formula is C22H22N4Pt. The fourth-order valence-electron chi connectivity index (χ4n) is 2.68. The molecule has 0 radical (unpaired) electrons. The molecule has 140 valence electrons.